The summed E-state index contributed by atoms with van der Waals surface area (Å²) >= 11 is 5.97. The molecule has 6 nitrogen and oxygen atoms in total. The van der Waals surface area contributed by atoms with Crippen LogP contribution in [0.3, 0.4) is 0 Å². The van der Waals surface area contributed by atoms with E-state index in [1.54, 1.807) is 6.20 Å². The molecule has 2 aromatic heterocycles. The molecule has 120 valence electrons. The largest absolute Gasteiger partial charge is 0.388 e. The van der Waals surface area contributed by atoms with Crippen LogP contribution in [0.2, 0.25) is 5.28 Å². The normalized spacial score (nSPS) is 11.2. The molecule has 23 heavy (non-hydrogen) atoms. The number of fused-ring (bicyclic) bond motifs is 1. The first kappa shape index (κ1) is 15.6. The molecule has 2 heterocycles. The highest BCUT2D eigenvalue weighted by Gasteiger charge is 2.17. The first-order chi connectivity index (χ1) is 11.0. The molecule has 0 amide bonds. The van der Waals surface area contributed by atoms with Crippen LogP contribution in [0.1, 0.15) is 13.8 Å². The molecule has 0 unspecified atom stereocenters. The van der Waals surface area contributed by atoms with Gasteiger partial charge in [-0.3, -0.25) is 0 Å². The monoisotopic (exact) mass is 330 g/mol. The van der Waals surface area contributed by atoms with Gasteiger partial charge >= 0.3 is 0 Å². The smallest absolute Gasteiger partial charge is 0.222 e. The fourth-order valence-corrected chi connectivity index (χ4v) is 2.74. The van der Waals surface area contributed by atoms with Gasteiger partial charge in [0.25, 0.3) is 0 Å². The number of rotatable bonds is 4. The lowest BCUT2D eigenvalue weighted by molar-refractivity contribution is 0.843. The van der Waals surface area contributed by atoms with Gasteiger partial charge in [0.2, 0.25) is 11.2 Å². The van der Waals surface area contributed by atoms with Crippen LogP contribution < -0.4 is 10.6 Å². The summed E-state index contributed by atoms with van der Waals surface area (Å²) in [5.41, 5.74) is 4.51. The molecular weight excluding hydrogens is 312 g/mol. The number of anilines is 2. The van der Waals surface area contributed by atoms with E-state index in [-0.39, 0.29) is 5.28 Å². The Bertz CT molecular complexity index is 855. The van der Waals surface area contributed by atoms with Gasteiger partial charge in [0, 0.05) is 32.0 Å². The minimum atomic E-state index is 0.220. The summed E-state index contributed by atoms with van der Waals surface area (Å²) in [7, 11) is 3.87. The highest BCUT2D eigenvalue weighted by molar-refractivity contribution is 6.28. The van der Waals surface area contributed by atoms with E-state index in [9.17, 15) is 0 Å². The first-order valence-electron chi connectivity index (χ1n) is 7.44. The minimum absolute atomic E-state index is 0.220. The van der Waals surface area contributed by atoms with Gasteiger partial charge < -0.3 is 15.2 Å². The third-order valence-corrected chi connectivity index (χ3v) is 3.80. The summed E-state index contributed by atoms with van der Waals surface area (Å²) in [6.07, 6.45) is 1.65. The quantitative estimate of drug-likeness (QED) is 0.716. The lowest BCUT2D eigenvalue weighted by Crippen LogP contribution is -2.13. The van der Waals surface area contributed by atoms with Crippen molar-refractivity contribution in [1.82, 2.24) is 19.5 Å². The highest BCUT2D eigenvalue weighted by Crippen LogP contribution is 2.35. The molecule has 3 aromatic rings. The minimum Gasteiger partial charge on any atom is -0.388 e. The van der Waals surface area contributed by atoms with Crippen molar-refractivity contribution >= 4 is 34.3 Å². The summed E-state index contributed by atoms with van der Waals surface area (Å²) in [5.74, 6) is 0.824. The molecule has 3 rings (SSSR count). The number of nitrogens with one attached hydrogen (secondary N) is 2. The number of aryl methyl sites for hydroxylation is 1. The molecule has 0 aliphatic carbocycles. The van der Waals surface area contributed by atoms with Crippen LogP contribution in [0.5, 0.6) is 0 Å². The maximum Gasteiger partial charge on any atom is 0.222 e. The number of aromatic nitrogens is 4. The van der Waals surface area contributed by atoms with Crippen molar-refractivity contribution in [2.24, 2.45) is 7.05 Å². The lowest BCUT2D eigenvalue weighted by atomic mass is 10.1. The fourth-order valence-electron chi connectivity index (χ4n) is 2.59. The van der Waals surface area contributed by atoms with Gasteiger partial charge in [-0.25, -0.2) is 15.0 Å². The Morgan fingerprint density at radius 3 is 2.61 bits per heavy atom. The van der Waals surface area contributed by atoms with Gasteiger partial charge in [0.05, 0.1) is 16.8 Å². The van der Waals surface area contributed by atoms with E-state index in [1.165, 1.54) is 0 Å². The number of imidazole rings is 1. The maximum absolute atomic E-state index is 5.97. The van der Waals surface area contributed by atoms with E-state index in [0.717, 1.165) is 33.9 Å². The third kappa shape index (κ3) is 2.82. The Morgan fingerprint density at radius 1 is 1.17 bits per heavy atom. The number of hydrogen-bond donors (Lipinski definition) is 2. The summed E-state index contributed by atoms with van der Waals surface area (Å²) < 4.78 is 2.04. The van der Waals surface area contributed by atoms with Gasteiger partial charge in [-0.1, -0.05) is 0 Å². The Kier molecular flexibility index (Phi) is 4.09. The summed E-state index contributed by atoms with van der Waals surface area (Å²) in [5, 5.41) is 6.79. The molecular formula is C16H19ClN6. The summed E-state index contributed by atoms with van der Waals surface area (Å²) in [6, 6.07) is 6.21. The molecule has 1 aromatic carbocycles. The van der Waals surface area contributed by atoms with Gasteiger partial charge in [-0.05, 0) is 43.6 Å². The van der Waals surface area contributed by atoms with Crippen molar-refractivity contribution < 1.29 is 0 Å². The SMILES string of the molecule is CNc1ccc2c(nc(NC(C)C)n2C)c1-c1ccnc(Cl)n1. The Balaban J connectivity index is 2.29. The molecule has 7 heteroatoms. The molecule has 0 spiro atoms. The van der Waals surface area contributed by atoms with Crippen molar-refractivity contribution in [1.29, 1.82) is 0 Å². The Hall–Kier alpha value is -2.34. The van der Waals surface area contributed by atoms with Gasteiger partial charge in [-0.15, -0.1) is 0 Å². The van der Waals surface area contributed by atoms with Crippen LogP contribution in [0.25, 0.3) is 22.3 Å². The second-order valence-corrected chi connectivity index (χ2v) is 5.95. The summed E-state index contributed by atoms with van der Waals surface area (Å²) in [4.78, 5) is 13.1. The lowest BCUT2D eigenvalue weighted by Gasteiger charge is -2.10. The van der Waals surface area contributed by atoms with Crippen LogP contribution in [0.15, 0.2) is 24.4 Å². The van der Waals surface area contributed by atoms with Crippen molar-refractivity contribution in [2.45, 2.75) is 19.9 Å². The zero-order valence-electron chi connectivity index (χ0n) is 13.6. The second kappa shape index (κ2) is 6.04. The average Bonchev–Trinajstić information content (AvgIpc) is 2.82. The van der Waals surface area contributed by atoms with Gasteiger partial charge in [-0.2, -0.15) is 0 Å². The molecule has 0 saturated heterocycles. The van der Waals surface area contributed by atoms with E-state index in [0.29, 0.717) is 6.04 Å². The number of hydrogen-bond acceptors (Lipinski definition) is 5. The van der Waals surface area contributed by atoms with E-state index >= 15 is 0 Å². The van der Waals surface area contributed by atoms with E-state index in [4.69, 9.17) is 16.6 Å². The van der Waals surface area contributed by atoms with Gasteiger partial charge in [0.1, 0.15) is 5.52 Å². The van der Waals surface area contributed by atoms with E-state index in [2.05, 4.69) is 34.4 Å². The van der Waals surface area contributed by atoms with Crippen LogP contribution in [0.4, 0.5) is 11.6 Å². The third-order valence-electron chi connectivity index (χ3n) is 3.62. The van der Waals surface area contributed by atoms with Crippen molar-refractivity contribution in [3.63, 3.8) is 0 Å². The fraction of sp³-hybridized carbons (Fsp3) is 0.312. The number of halogens is 1. The van der Waals surface area contributed by atoms with Crippen LogP contribution in [-0.2, 0) is 7.05 Å². The maximum atomic E-state index is 5.97. The zero-order chi connectivity index (χ0) is 16.6. The number of nitrogens with zero attached hydrogens (tertiary/aromatic N) is 4. The number of benzene rings is 1. The predicted octanol–water partition coefficient (Wildman–Crippen LogP) is 3.55. The van der Waals surface area contributed by atoms with Crippen molar-refractivity contribution in [2.75, 3.05) is 17.7 Å². The topological polar surface area (TPSA) is 67.7 Å². The van der Waals surface area contributed by atoms with E-state index in [1.807, 2.05) is 36.9 Å². The Morgan fingerprint density at radius 2 is 1.96 bits per heavy atom. The highest BCUT2D eigenvalue weighted by atomic mass is 35.5. The van der Waals surface area contributed by atoms with Crippen LogP contribution in [-0.4, -0.2) is 32.6 Å². The Labute approximate surface area is 139 Å². The molecule has 0 radical (unpaired) electrons. The average molecular weight is 331 g/mol. The van der Waals surface area contributed by atoms with Crippen molar-refractivity contribution in [3.8, 4) is 11.3 Å². The summed E-state index contributed by atoms with van der Waals surface area (Å²) in [6.45, 7) is 4.17. The molecule has 0 aliphatic rings. The first-order valence-corrected chi connectivity index (χ1v) is 7.81. The van der Waals surface area contributed by atoms with E-state index < -0.39 is 0 Å². The molecule has 0 fully saturated rings. The molecule has 0 atom stereocenters. The van der Waals surface area contributed by atoms with Crippen LogP contribution >= 0.6 is 11.6 Å². The molecule has 0 saturated carbocycles. The van der Waals surface area contributed by atoms with Gasteiger partial charge in [0.15, 0.2) is 0 Å². The van der Waals surface area contributed by atoms with Crippen molar-refractivity contribution in [3.05, 3.63) is 29.7 Å². The molecule has 0 aliphatic heterocycles. The standard InChI is InChI=1S/C16H19ClN6/c1-9(2)20-16-22-14-12(23(16)4)6-5-10(18-3)13(14)11-7-8-19-15(17)21-11/h5-9,18H,1-4H3,(H,20,22). The molecule has 0 bridgehead atoms. The predicted molar refractivity (Wildman–Crippen MR) is 95.1 cm³/mol. The zero-order valence-corrected chi connectivity index (χ0v) is 14.3. The van der Waals surface area contributed by atoms with Crippen LogP contribution in [0, 0.1) is 0 Å². The molecule has 2 N–H and O–H groups in total. The second-order valence-electron chi connectivity index (χ2n) is 5.61.